The molecule has 6 nitrogen and oxygen atoms in total. The van der Waals surface area contributed by atoms with Crippen LogP contribution in [0.1, 0.15) is 41.2 Å². The number of rotatable bonds is 6. The molecule has 1 aromatic rings. The maximum Gasteiger partial charge on any atom is 0.354 e. The SMILES string of the molecule is CC(C)CN(CCC#N)C(=O)c1cccc(C(=O)O)n1. The smallest absolute Gasteiger partial charge is 0.354 e. The van der Waals surface area contributed by atoms with Crippen LogP contribution in [0.25, 0.3) is 0 Å². The van der Waals surface area contributed by atoms with Crippen molar-refractivity contribution in [3.63, 3.8) is 0 Å². The van der Waals surface area contributed by atoms with Crippen LogP contribution < -0.4 is 0 Å². The number of nitriles is 1. The lowest BCUT2D eigenvalue weighted by molar-refractivity contribution is 0.0689. The highest BCUT2D eigenvalue weighted by molar-refractivity contribution is 5.94. The van der Waals surface area contributed by atoms with Crippen molar-refractivity contribution < 1.29 is 14.7 Å². The largest absolute Gasteiger partial charge is 0.477 e. The monoisotopic (exact) mass is 275 g/mol. The van der Waals surface area contributed by atoms with Gasteiger partial charge in [-0.15, -0.1) is 0 Å². The third-order valence-electron chi connectivity index (χ3n) is 2.55. The van der Waals surface area contributed by atoms with Crippen LogP contribution in [0.4, 0.5) is 0 Å². The molecule has 0 bridgehead atoms. The summed E-state index contributed by atoms with van der Waals surface area (Å²) in [5.74, 6) is -1.27. The molecule has 0 spiro atoms. The summed E-state index contributed by atoms with van der Waals surface area (Å²) in [6.07, 6.45) is 0.233. The maximum absolute atomic E-state index is 12.3. The quantitative estimate of drug-likeness (QED) is 0.854. The van der Waals surface area contributed by atoms with Gasteiger partial charge in [-0.05, 0) is 18.1 Å². The van der Waals surface area contributed by atoms with Crippen molar-refractivity contribution in [1.29, 1.82) is 5.26 Å². The Kier molecular flexibility index (Phi) is 5.66. The normalized spacial score (nSPS) is 10.1. The molecular weight excluding hydrogens is 258 g/mol. The van der Waals surface area contributed by atoms with Gasteiger partial charge in [0.25, 0.3) is 5.91 Å². The van der Waals surface area contributed by atoms with Gasteiger partial charge in [0.05, 0.1) is 12.5 Å². The molecule has 1 amide bonds. The van der Waals surface area contributed by atoms with E-state index in [1.54, 1.807) is 0 Å². The van der Waals surface area contributed by atoms with Crippen LogP contribution in [0.3, 0.4) is 0 Å². The summed E-state index contributed by atoms with van der Waals surface area (Å²) in [7, 11) is 0. The number of aromatic nitrogens is 1. The number of pyridine rings is 1. The highest BCUT2D eigenvalue weighted by atomic mass is 16.4. The van der Waals surface area contributed by atoms with Crippen molar-refractivity contribution in [2.75, 3.05) is 13.1 Å². The van der Waals surface area contributed by atoms with Crippen molar-refractivity contribution in [1.82, 2.24) is 9.88 Å². The third-order valence-corrected chi connectivity index (χ3v) is 2.55. The van der Waals surface area contributed by atoms with E-state index in [4.69, 9.17) is 10.4 Å². The lowest BCUT2D eigenvalue weighted by Crippen LogP contribution is -2.35. The number of carboxylic acid groups (broad SMARTS) is 1. The van der Waals surface area contributed by atoms with E-state index in [-0.39, 0.29) is 29.6 Å². The van der Waals surface area contributed by atoms with Crippen molar-refractivity contribution in [2.24, 2.45) is 5.92 Å². The Hall–Kier alpha value is -2.42. The van der Waals surface area contributed by atoms with E-state index >= 15 is 0 Å². The number of carbonyl (C=O) groups is 2. The zero-order valence-electron chi connectivity index (χ0n) is 11.5. The molecule has 1 N–H and O–H groups in total. The second-order valence-corrected chi connectivity index (χ2v) is 4.77. The summed E-state index contributed by atoms with van der Waals surface area (Å²) in [5, 5.41) is 17.5. The summed E-state index contributed by atoms with van der Waals surface area (Å²) >= 11 is 0. The minimum absolute atomic E-state index is 0.0866. The predicted molar refractivity (Wildman–Crippen MR) is 72.2 cm³/mol. The van der Waals surface area contributed by atoms with Crippen LogP contribution in [0.5, 0.6) is 0 Å². The van der Waals surface area contributed by atoms with Gasteiger partial charge in [0.15, 0.2) is 0 Å². The Morgan fingerprint density at radius 2 is 2.05 bits per heavy atom. The molecule has 0 aliphatic carbocycles. The molecule has 0 unspecified atom stereocenters. The van der Waals surface area contributed by atoms with Crippen molar-refractivity contribution in [3.05, 3.63) is 29.6 Å². The van der Waals surface area contributed by atoms with E-state index in [1.165, 1.54) is 23.1 Å². The van der Waals surface area contributed by atoms with E-state index in [0.29, 0.717) is 13.1 Å². The molecule has 0 radical (unpaired) electrons. The van der Waals surface area contributed by atoms with Crippen LogP contribution in [0.15, 0.2) is 18.2 Å². The highest BCUT2D eigenvalue weighted by Gasteiger charge is 2.19. The lowest BCUT2D eigenvalue weighted by atomic mass is 10.2. The molecule has 1 heterocycles. The first-order chi connectivity index (χ1) is 9.45. The number of aromatic carboxylic acids is 1. The second kappa shape index (κ2) is 7.24. The first-order valence-corrected chi connectivity index (χ1v) is 6.32. The first kappa shape index (κ1) is 15.6. The minimum atomic E-state index is -1.17. The van der Waals surface area contributed by atoms with Gasteiger partial charge in [0.2, 0.25) is 0 Å². The van der Waals surface area contributed by atoms with Crippen LogP contribution in [-0.2, 0) is 0 Å². The molecule has 1 aromatic heterocycles. The molecule has 1 rings (SSSR count). The fourth-order valence-electron chi connectivity index (χ4n) is 1.74. The maximum atomic E-state index is 12.3. The number of nitrogens with zero attached hydrogens (tertiary/aromatic N) is 3. The van der Waals surface area contributed by atoms with Gasteiger partial charge < -0.3 is 10.0 Å². The Balaban J connectivity index is 2.96. The fraction of sp³-hybridized carbons (Fsp3) is 0.429. The van der Waals surface area contributed by atoms with Crippen LogP contribution in [0.2, 0.25) is 0 Å². The summed E-state index contributed by atoms with van der Waals surface area (Å²) < 4.78 is 0. The van der Waals surface area contributed by atoms with E-state index < -0.39 is 5.97 Å². The second-order valence-electron chi connectivity index (χ2n) is 4.77. The van der Waals surface area contributed by atoms with E-state index in [9.17, 15) is 9.59 Å². The molecule has 0 fully saturated rings. The zero-order chi connectivity index (χ0) is 15.1. The van der Waals surface area contributed by atoms with Gasteiger partial charge in [-0.1, -0.05) is 19.9 Å². The third kappa shape index (κ3) is 4.35. The Morgan fingerprint density at radius 1 is 1.40 bits per heavy atom. The van der Waals surface area contributed by atoms with Crippen molar-refractivity contribution in [2.45, 2.75) is 20.3 Å². The fourth-order valence-corrected chi connectivity index (χ4v) is 1.74. The number of amides is 1. The Morgan fingerprint density at radius 3 is 2.60 bits per heavy atom. The van der Waals surface area contributed by atoms with Gasteiger partial charge >= 0.3 is 5.97 Å². The Labute approximate surface area is 117 Å². The zero-order valence-corrected chi connectivity index (χ0v) is 11.5. The summed E-state index contributed by atoms with van der Waals surface area (Å²) in [6, 6.07) is 6.30. The minimum Gasteiger partial charge on any atom is -0.477 e. The molecule has 0 atom stereocenters. The number of hydrogen-bond acceptors (Lipinski definition) is 4. The number of carboxylic acids is 1. The van der Waals surface area contributed by atoms with Gasteiger partial charge in [-0.3, -0.25) is 4.79 Å². The highest BCUT2D eigenvalue weighted by Crippen LogP contribution is 2.08. The molecule has 20 heavy (non-hydrogen) atoms. The molecule has 6 heteroatoms. The average Bonchev–Trinajstić information content (AvgIpc) is 2.42. The van der Waals surface area contributed by atoms with E-state index in [1.807, 2.05) is 19.9 Å². The molecular formula is C14H17N3O3. The molecule has 0 aromatic carbocycles. The summed E-state index contributed by atoms with van der Waals surface area (Å²) in [4.78, 5) is 28.6. The van der Waals surface area contributed by atoms with Gasteiger partial charge in [-0.2, -0.15) is 5.26 Å². The number of carbonyl (C=O) groups excluding carboxylic acids is 1. The summed E-state index contributed by atoms with van der Waals surface area (Å²) in [6.45, 7) is 4.74. The topological polar surface area (TPSA) is 94.3 Å². The molecule has 106 valence electrons. The van der Waals surface area contributed by atoms with Gasteiger partial charge in [0, 0.05) is 13.1 Å². The van der Waals surface area contributed by atoms with Gasteiger partial charge in [-0.25, -0.2) is 9.78 Å². The predicted octanol–water partition coefficient (Wildman–Crippen LogP) is 1.79. The standard InChI is InChI=1S/C14H17N3O3/c1-10(2)9-17(8-4-7-15)13(18)11-5-3-6-12(16-11)14(19)20/h3,5-6,10H,4,8-9H2,1-2H3,(H,19,20). The number of hydrogen-bond donors (Lipinski definition) is 1. The molecule has 0 saturated heterocycles. The van der Waals surface area contributed by atoms with Crippen molar-refractivity contribution >= 4 is 11.9 Å². The molecule has 0 aliphatic heterocycles. The van der Waals surface area contributed by atoms with Crippen LogP contribution in [-0.4, -0.2) is 40.0 Å². The van der Waals surface area contributed by atoms with Crippen LogP contribution >= 0.6 is 0 Å². The average molecular weight is 275 g/mol. The van der Waals surface area contributed by atoms with E-state index in [2.05, 4.69) is 4.98 Å². The molecule has 0 saturated carbocycles. The lowest BCUT2D eigenvalue weighted by Gasteiger charge is -2.23. The summed E-state index contributed by atoms with van der Waals surface area (Å²) in [5.41, 5.74) is -0.0795. The van der Waals surface area contributed by atoms with E-state index in [0.717, 1.165) is 0 Å². The molecule has 0 aliphatic rings. The Bertz CT molecular complexity index is 535. The van der Waals surface area contributed by atoms with Crippen LogP contribution in [0, 0.1) is 17.2 Å². The van der Waals surface area contributed by atoms with Gasteiger partial charge in [0.1, 0.15) is 11.4 Å². The van der Waals surface area contributed by atoms with Crippen molar-refractivity contribution in [3.8, 4) is 6.07 Å². The first-order valence-electron chi connectivity index (χ1n) is 6.32.